The largest absolute Gasteiger partial charge is 0.457 e. The van der Waals surface area contributed by atoms with Crippen molar-refractivity contribution < 1.29 is 37.4 Å². The Hall–Kier alpha value is -13.1. The molecule has 0 aliphatic rings. The van der Waals surface area contributed by atoms with E-state index in [4.69, 9.17) is 21.1 Å². The lowest BCUT2D eigenvalue weighted by atomic mass is 9.94. The number of hydrogen-bond donors (Lipinski definition) is 4. The first kappa shape index (κ1) is 86.7. The summed E-state index contributed by atoms with van der Waals surface area (Å²) in [5, 5.41) is 21.3. The number of nitrogens with one attached hydrogen (secondary N) is 4. The van der Waals surface area contributed by atoms with E-state index in [1.54, 1.807) is 66.9 Å². The molecular formula is C96H81ClF2N12O6S5. The van der Waals surface area contributed by atoms with Crippen LogP contribution in [0.15, 0.2) is 263 Å². The molecule has 26 heteroatoms. The summed E-state index contributed by atoms with van der Waals surface area (Å²) < 4.78 is 38.4. The van der Waals surface area contributed by atoms with Gasteiger partial charge in [0.05, 0.1) is 27.8 Å². The molecule has 0 saturated heterocycles. The zero-order valence-electron chi connectivity index (χ0n) is 68.2. The quantitative estimate of drug-likeness (QED) is 0.0519. The smallest absolute Gasteiger partial charge is 0.257 e. The number of hydrogen-bond acceptors (Lipinski definition) is 19. The van der Waals surface area contributed by atoms with E-state index in [1.165, 1.54) is 124 Å². The summed E-state index contributed by atoms with van der Waals surface area (Å²) in [6.07, 6.45) is 9.79. The predicted octanol–water partition coefficient (Wildman–Crippen LogP) is 25.5. The fourth-order valence-corrected chi connectivity index (χ4v) is 17.3. The molecule has 0 saturated carbocycles. The number of amides is 4. The summed E-state index contributed by atoms with van der Waals surface area (Å²) in [5.74, 6) is 0.287. The van der Waals surface area contributed by atoms with Gasteiger partial charge in [-0.05, 0) is 236 Å². The highest BCUT2D eigenvalue weighted by molar-refractivity contribution is 7.99. The van der Waals surface area contributed by atoms with E-state index in [9.17, 15) is 28.0 Å². The van der Waals surface area contributed by atoms with Crippen LogP contribution in [0.4, 0.5) is 29.3 Å². The Balaban J connectivity index is 0.000000140. The number of halogens is 3. The van der Waals surface area contributed by atoms with Gasteiger partial charge in [-0.15, -0.1) is 45.3 Å². The fraction of sp³-hybridized carbons (Fsp3) is 0.125. The van der Waals surface area contributed by atoms with E-state index in [1.807, 2.05) is 123 Å². The number of benzene rings is 8. The van der Waals surface area contributed by atoms with Gasteiger partial charge < -0.3 is 9.47 Å². The Bertz CT molecular complexity index is 5950. The normalized spacial score (nSPS) is 10.7. The van der Waals surface area contributed by atoms with Crippen LogP contribution in [0.25, 0.3) is 45.0 Å². The molecule has 0 spiro atoms. The molecule has 16 aromatic rings. The number of anilines is 4. The van der Waals surface area contributed by atoms with E-state index in [-0.39, 0.29) is 22.9 Å². The molecule has 8 aromatic carbocycles. The fourth-order valence-electron chi connectivity index (χ4n) is 13.2. The van der Waals surface area contributed by atoms with Crippen LogP contribution >= 0.6 is 68.7 Å². The lowest BCUT2D eigenvalue weighted by Gasteiger charge is -2.12. The number of nitrogens with zero attached hydrogens (tertiary/aromatic N) is 8. The van der Waals surface area contributed by atoms with Crippen LogP contribution in [0.3, 0.4) is 0 Å². The summed E-state index contributed by atoms with van der Waals surface area (Å²) in [6, 6.07) is 61.1. The third-order valence-corrected chi connectivity index (χ3v) is 23.3. The van der Waals surface area contributed by atoms with E-state index >= 15 is 0 Å². The molecular weight excluding hydrogens is 1650 g/mol. The SMILES string of the molecule is Cc1ccc(Cc2cc(C)c(-c3csc(NC(=O)c4ccncc4)n3)c(C)c2)cc1.Cc1ccc(Oc2cc(C)c(-c3csc(NC(=O)c4ccnc(F)c4)n3)c(C)c2)cc1.Cc1ccc(Oc2cc(C)c(-c3csc(NC(=O)c4ccncc4)n3)c(Cl)c2)cc1.Cc1ccc(Sc2cc(C)c(-c3csc(NC(=O)c4ccnc(F)c4)n3)c(C)c2)cc1. The molecule has 612 valence electrons. The van der Waals surface area contributed by atoms with Crippen molar-refractivity contribution in [2.24, 2.45) is 0 Å². The number of pyridine rings is 4. The number of carbonyl (C=O) groups is 4. The number of rotatable bonds is 20. The van der Waals surface area contributed by atoms with Crippen LogP contribution < -0.4 is 30.7 Å². The van der Waals surface area contributed by atoms with Crippen molar-refractivity contribution in [2.75, 3.05) is 21.3 Å². The minimum atomic E-state index is -0.702. The van der Waals surface area contributed by atoms with Gasteiger partial charge in [-0.1, -0.05) is 118 Å². The summed E-state index contributed by atoms with van der Waals surface area (Å²) >= 11 is 13.7. The Labute approximate surface area is 730 Å². The van der Waals surface area contributed by atoms with Crippen molar-refractivity contribution in [1.29, 1.82) is 0 Å². The standard InChI is InChI=1S/C25H23N3OS.C24H20FN3O2S.C24H20FN3OS2.C23H18ClN3O2S/c1-16-4-6-19(7-5-16)14-20-12-17(2)23(18(3)13-20)22-15-30-25(27-22)28-24(29)21-8-10-26-11-9-21;1-14-4-6-18(7-5-14)30-19-10-15(2)22(16(3)11-19)20-13-31-24(27-20)28-23(29)17-8-9-26-21(25)12-17;1-14-4-6-18(7-5-14)31-19-10-15(2)22(16(3)11-19)20-13-30-24(27-20)28-23(29)17-8-9-26-21(25)12-17;1-14-3-5-17(6-4-14)29-18-11-15(2)21(19(24)12-18)20-13-30-23(26-20)27-22(28)16-7-9-25-10-8-16/h4-13,15H,14H2,1-3H3,(H,27,28,29);2*4-13H,1-3H3,(H,27,28,29);3-13H,1-2H3,(H,26,27,28). The number of aryl methyl sites for hydroxylation is 11. The average molecular weight is 1730 g/mol. The lowest BCUT2D eigenvalue weighted by Crippen LogP contribution is -2.12. The summed E-state index contributed by atoms with van der Waals surface area (Å²) in [7, 11) is 0. The molecule has 0 radical (unpaired) electrons. The molecule has 0 unspecified atom stereocenters. The number of ether oxygens (including phenoxy) is 2. The van der Waals surface area contributed by atoms with Gasteiger partial charge in [-0.3, -0.25) is 50.4 Å². The zero-order chi connectivity index (χ0) is 86.1. The highest BCUT2D eigenvalue weighted by atomic mass is 35.5. The van der Waals surface area contributed by atoms with Crippen molar-refractivity contribution >= 4 is 113 Å². The van der Waals surface area contributed by atoms with Crippen LogP contribution in [0.2, 0.25) is 5.02 Å². The first-order valence-electron chi connectivity index (χ1n) is 38.3. The lowest BCUT2D eigenvalue weighted by molar-refractivity contribution is 0.101. The molecule has 0 aliphatic carbocycles. The second-order valence-corrected chi connectivity index (χ2v) is 33.6. The van der Waals surface area contributed by atoms with E-state index in [2.05, 4.69) is 175 Å². The minimum absolute atomic E-state index is 0.180. The van der Waals surface area contributed by atoms with Crippen LogP contribution in [0.1, 0.15) is 114 Å². The van der Waals surface area contributed by atoms with E-state index in [0.717, 1.165) is 103 Å². The number of thiazole rings is 4. The Kier molecular flexibility index (Phi) is 28.6. The van der Waals surface area contributed by atoms with E-state index < -0.39 is 23.7 Å². The van der Waals surface area contributed by atoms with Crippen molar-refractivity contribution in [3.63, 3.8) is 0 Å². The van der Waals surface area contributed by atoms with Gasteiger partial charge in [-0.2, -0.15) is 8.78 Å². The Morgan fingerprint density at radius 2 is 0.648 bits per heavy atom. The van der Waals surface area contributed by atoms with Crippen molar-refractivity contribution in [2.45, 2.75) is 92.4 Å². The molecule has 4 amide bonds. The highest BCUT2D eigenvalue weighted by Gasteiger charge is 2.21. The van der Waals surface area contributed by atoms with Gasteiger partial charge in [0.1, 0.15) is 23.0 Å². The minimum Gasteiger partial charge on any atom is -0.457 e. The first-order chi connectivity index (χ1) is 58.8. The zero-order valence-corrected chi connectivity index (χ0v) is 73.0. The van der Waals surface area contributed by atoms with Crippen molar-refractivity contribution in [3.8, 4) is 68.0 Å². The molecule has 0 fully saturated rings. The third-order valence-electron chi connectivity index (χ3n) is 19.0. The summed E-state index contributed by atoms with van der Waals surface area (Å²) in [6.45, 7) is 22.6. The second kappa shape index (κ2) is 40.3. The van der Waals surface area contributed by atoms with Gasteiger partial charge in [0.25, 0.3) is 23.6 Å². The second-order valence-electron chi connectivity index (χ2n) is 28.6. The van der Waals surface area contributed by atoms with Crippen LogP contribution in [0, 0.1) is 88.1 Å². The maximum absolute atomic E-state index is 13.3. The van der Waals surface area contributed by atoms with Gasteiger partial charge in [0.2, 0.25) is 11.9 Å². The van der Waals surface area contributed by atoms with Crippen LogP contribution in [-0.4, -0.2) is 63.5 Å². The maximum atomic E-state index is 13.3. The molecule has 16 rings (SSSR count). The molecule has 122 heavy (non-hydrogen) atoms. The monoisotopic (exact) mass is 1730 g/mol. The first-order valence-corrected chi connectivity index (χ1v) is 43.0. The van der Waals surface area contributed by atoms with Gasteiger partial charge in [0, 0.05) is 131 Å². The third kappa shape index (κ3) is 23.3. The molecule has 0 aliphatic heterocycles. The summed E-state index contributed by atoms with van der Waals surface area (Å²) in [5.41, 5.74) is 23.7. The Morgan fingerprint density at radius 1 is 0.336 bits per heavy atom. The molecule has 0 atom stereocenters. The maximum Gasteiger partial charge on any atom is 0.257 e. The molecule has 0 bridgehead atoms. The van der Waals surface area contributed by atoms with Gasteiger partial charge >= 0.3 is 0 Å². The molecule has 8 heterocycles. The predicted molar refractivity (Wildman–Crippen MR) is 489 cm³/mol. The van der Waals surface area contributed by atoms with Crippen molar-refractivity contribution in [3.05, 3.63) is 364 Å². The average Bonchev–Trinajstić information content (AvgIpc) is 1.54. The Morgan fingerprint density at radius 3 is 1.02 bits per heavy atom. The van der Waals surface area contributed by atoms with Crippen molar-refractivity contribution in [1.82, 2.24) is 39.9 Å². The van der Waals surface area contributed by atoms with Crippen LogP contribution in [-0.2, 0) is 6.42 Å². The highest BCUT2D eigenvalue weighted by Crippen LogP contribution is 2.41. The number of aromatic nitrogens is 8. The molecule has 18 nitrogen and oxygen atoms in total. The van der Waals surface area contributed by atoms with Gasteiger partial charge in [-0.25, -0.2) is 29.9 Å². The van der Waals surface area contributed by atoms with Crippen LogP contribution in [0.5, 0.6) is 23.0 Å². The molecule has 4 N–H and O–H groups in total. The summed E-state index contributed by atoms with van der Waals surface area (Å²) in [4.78, 5) is 84.8. The van der Waals surface area contributed by atoms with Gasteiger partial charge in [0.15, 0.2) is 20.5 Å². The van der Waals surface area contributed by atoms with E-state index in [0.29, 0.717) is 48.1 Å². The molecule has 8 aromatic heterocycles. The number of carbonyl (C=O) groups excluding carboxylic acids is 4. The topological polar surface area (TPSA) is 238 Å².